The molecule has 0 saturated carbocycles. The van der Waals surface area contributed by atoms with Crippen LogP contribution in [0.3, 0.4) is 0 Å². The van der Waals surface area contributed by atoms with Gasteiger partial charge in [-0.05, 0) is 19.4 Å². The maximum absolute atomic E-state index is 11.5. The van der Waals surface area contributed by atoms with Crippen molar-refractivity contribution in [1.82, 2.24) is 20.1 Å². The summed E-state index contributed by atoms with van der Waals surface area (Å²) in [6.07, 6.45) is 1.84. The molecule has 0 bridgehead atoms. The molecule has 2 rings (SSSR count). The molecule has 7 heteroatoms. The molecule has 3 amide bonds. The number of unbranched alkanes of at least 4 members (excludes halogenated alkanes) is 1. The lowest BCUT2D eigenvalue weighted by atomic mass is 10.2. The van der Waals surface area contributed by atoms with Crippen LogP contribution in [-0.4, -0.2) is 72.6 Å². The number of carbonyl (C=O) groups excluding carboxylic acids is 2. The third-order valence-electron chi connectivity index (χ3n) is 3.40. The molecule has 0 atom stereocenters. The van der Waals surface area contributed by atoms with Crippen LogP contribution in [0, 0.1) is 0 Å². The van der Waals surface area contributed by atoms with Crippen molar-refractivity contribution in [2.24, 2.45) is 5.84 Å². The van der Waals surface area contributed by atoms with Gasteiger partial charge in [-0.15, -0.1) is 0 Å². The summed E-state index contributed by atoms with van der Waals surface area (Å²) < 4.78 is 0. The van der Waals surface area contributed by atoms with Gasteiger partial charge in [0.15, 0.2) is 0 Å². The standard InChI is InChI=1S/C11H21N5O2/c12-16-9-10(17)15(11(16)18)6-2-1-5-14-7-3-13-4-8-14/h13H,1-9,12H2. The molecule has 0 aromatic carbocycles. The number of nitrogens with two attached hydrogens (primary N) is 1. The number of piperazine rings is 1. The molecule has 2 fully saturated rings. The lowest BCUT2D eigenvalue weighted by Crippen LogP contribution is -2.44. The van der Waals surface area contributed by atoms with Crippen LogP contribution in [0.25, 0.3) is 0 Å². The van der Waals surface area contributed by atoms with Crippen LogP contribution in [0.1, 0.15) is 12.8 Å². The van der Waals surface area contributed by atoms with E-state index in [0.29, 0.717) is 6.54 Å². The average Bonchev–Trinajstić information content (AvgIpc) is 2.61. The molecule has 0 aromatic heterocycles. The summed E-state index contributed by atoms with van der Waals surface area (Å²) in [6.45, 7) is 5.78. The summed E-state index contributed by atoms with van der Waals surface area (Å²) >= 11 is 0. The van der Waals surface area contributed by atoms with Crippen molar-refractivity contribution in [2.45, 2.75) is 12.8 Å². The second kappa shape index (κ2) is 6.12. The van der Waals surface area contributed by atoms with Crippen molar-refractivity contribution in [1.29, 1.82) is 0 Å². The maximum Gasteiger partial charge on any atom is 0.341 e. The predicted molar refractivity (Wildman–Crippen MR) is 66.5 cm³/mol. The Kier molecular flexibility index (Phi) is 4.51. The summed E-state index contributed by atoms with van der Waals surface area (Å²) in [6, 6.07) is -0.373. The number of amides is 3. The fraction of sp³-hybridized carbons (Fsp3) is 0.818. The first-order valence-electron chi connectivity index (χ1n) is 6.48. The molecule has 2 saturated heterocycles. The first kappa shape index (κ1) is 13.3. The minimum atomic E-state index is -0.373. The first-order valence-corrected chi connectivity index (χ1v) is 6.48. The van der Waals surface area contributed by atoms with Gasteiger partial charge in [-0.25, -0.2) is 10.6 Å². The van der Waals surface area contributed by atoms with Crippen LogP contribution < -0.4 is 11.2 Å². The van der Waals surface area contributed by atoms with Crippen molar-refractivity contribution in [3.63, 3.8) is 0 Å². The van der Waals surface area contributed by atoms with Crippen molar-refractivity contribution < 1.29 is 9.59 Å². The molecule has 2 aliphatic heterocycles. The van der Waals surface area contributed by atoms with Crippen molar-refractivity contribution in [3.8, 4) is 0 Å². The number of hydrogen-bond donors (Lipinski definition) is 2. The fourth-order valence-electron chi connectivity index (χ4n) is 2.32. The molecule has 0 aromatic rings. The number of carbonyl (C=O) groups is 2. The fourth-order valence-corrected chi connectivity index (χ4v) is 2.32. The third-order valence-corrected chi connectivity index (χ3v) is 3.40. The third kappa shape index (κ3) is 3.18. The Morgan fingerprint density at radius 3 is 2.39 bits per heavy atom. The zero-order chi connectivity index (χ0) is 13.0. The lowest BCUT2D eigenvalue weighted by Gasteiger charge is -2.27. The second-order valence-electron chi connectivity index (χ2n) is 4.75. The zero-order valence-corrected chi connectivity index (χ0v) is 10.6. The number of hydrazine groups is 1. The zero-order valence-electron chi connectivity index (χ0n) is 10.6. The smallest absolute Gasteiger partial charge is 0.314 e. The molecule has 102 valence electrons. The Bertz CT molecular complexity index is 317. The Labute approximate surface area is 107 Å². The van der Waals surface area contributed by atoms with Crippen LogP contribution >= 0.6 is 0 Å². The van der Waals surface area contributed by atoms with Gasteiger partial charge in [0.05, 0.1) is 0 Å². The minimum Gasteiger partial charge on any atom is -0.314 e. The monoisotopic (exact) mass is 255 g/mol. The quantitative estimate of drug-likeness (QED) is 0.279. The predicted octanol–water partition coefficient (Wildman–Crippen LogP) is -1.19. The number of nitrogens with zero attached hydrogens (tertiary/aromatic N) is 3. The Morgan fingerprint density at radius 1 is 1.11 bits per heavy atom. The molecule has 7 nitrogen and oxygen atoms in total. The van der Waals surface area contributed by atoms with Gasteiger partial charge in [0.25, 0.3) is 5.91 Å². The highest BCUT2D eigenvalue weighted by Gasteiger charge is 2.33. The molecular weight excluding hydrogens is 234 g/mol. The van der Waals surface area contributed by atoms with Gasteiger partial charge >= 0.3 is 6.03 Å². The molecule has 2 heterocycles. The Morgan fingerprint density at radius 2 is 1.78 bits per heavy atom. The van der Waals surface area contributed by atoms with Crippen LogP contribution in [0.5, 0.6) is 0 Å². The van der Waals surface area contributed by atoms with Gasteiger partial charge in [-0.3, -0.25) is 14.7 Å². The number of urea groups is 1. The number of hydrogen-bond acceptors (Lipinski definition) is 5. The van der Waals surface area contributed by atoms with E-state index in [4.69, 9.17) is 5.84 Å². The number of rotatable bonds is 5. The van der Waals surface area contributed by atoms with Gasteiger partial charge in [-0.1, -0.05) is 0 Å². The summed E-state index contributed by atoms with van der Waals surface area (Å²) in [7, 11) is 0. The van der Waals surface area contributed by atoms with E-state index in [-0.39, 0.29) is 18.5 Å². The highest BCUT2D eigenvalue weighted by Crippen LogP contribution is 2.08. The maximum atomic E-state index is 11.5. The van der Waals surface area contributed by atoms with E-state index in [1.807, 2.05) is 0 Å². The molecule has 0 spiro atoms. The van der Waals surface area contributed by atoms with Crippen molar-refractivity contribution >= 4 is 11.9 Å². The van der Waals surface area contributed by atoms with Gasteiger partial charge in [0.2, 0.25) is 0 Å². The van der Waals surface area contributed by atoms with Crippen LogP contribution in [0.4, 0.5) is 4.79 Å². The second-order valence-corrected chi connectivity index (χ2v) is 4.75. The van der Waals surface area contributed by atoms with E-state index < -0.39 is 0 Å². The van der Waals surface area contributed by atoms with Crippen LogP contribution in [-0.2, 0) is 4.79 Å². The van der Waals surface area contributed by atoms with Crippen molar-refractivity contribution in [2.75, 3.05) is 45.8 Å². The molecule has 0 unspecified atom stereocenters. The minimum absolute atomic E-state index is 0.0105. The Hall–Kier alpha value is -1.18. The number of nitrogens with one attached hydrogen (secondary N) is 1. The van der Waals surface area contributed by atoms with Crippen LogP contribution in [0.2, 0.25) is 0 Å². The summed E-state index contributed by atoms with van der Waals surface area (Å²) in [5.74, 6) is 5.20. The summed E-state index contributed by atoms with van der Waals surface area (Å²) in [4.78, 5) is 26.6. The Balaban J connectivity index is 1.63. The highest BCUT2D eigenvalue weighted by atomic mass is 16.2. The van der Waals surface area contributed by atoms with Gasteiger partial charge < -0.3 is 10.2 Å². The molecule has 0 radical (unpaired) electrons. The molecule has 0 aliphatic carbocycles. The summed E-state index contributed by atoms with van der Waals surface area (Å²) in [5.41, 5.74) is 0. The van der Waals surface area contributed by atoms with E-state index in [2.05, 4.69) is 10.2 Å². The van der Waals surface area contributed by atoms with Crippen molar-refractivity contribution in [3.05, 3.63) is 0 Å². The average molecular weight is 255 g/mol. The van der Waals surface area contributed by atoms with E-state index in [9.17, 15) is 9.59 Å². The normalized spacial score (nSPS) is 22.1. The SMILES string of the molecule is NN1CC(=O)N(CCCCN2CCNCC2)C1=O. The van der Waals surface area contributed by atoms with E-state index >= 15 is 0 Å². The molecule has 2 aliphatic rings. The lowest BCUT2D eigenvalue weighted by molar-refractivity contribution is -0.125. The largest absolute Gasteiger partial charge is 0.341 e. The molecule has 18 heavy (non-hydrogen) atoms. The van der Waals surface area contributed by atoms with Gasteiger partial charge in [0.1, 0.15) is 6.54 Å². The van der Waals surface area contributed by atoms with Crippen LogP contribution in [0.15, 0.2) is 0 Å². The summed E-state index contributed by atoms with van der Waals surface area (Å²) in [5, 5.41) is 4.28. The number of imide groups is 1. The van der Waals surface area contributed by atoms with E-state index in [0.717, 1.165) is 50.6 Å². The molecule has 3 N–H and O–H groups in total. The van der Waals surface area contributed by atoms with Gasteiger partial charge in [-0.2, -0.15) is 0 Å². The van der Waals surface area contributed by atoms with E-state index in [1.54, 1.807) is 0 Å². The molecular formula is C11H21N5O2. The topological polar surface area (TPSA) is 81.9 Å². The first-order chi connectivity index (χ1) is 8.68. The highest BCUT2D eigenvalue weighted by molar-refractivity contribution is 6.01. The van der Waals surface area contributed by atoms with E-state index in [1.165, 1.54) is 4.90 Å². The van der Waals surface area contributed by atoms with Gasteiger partial charge in [0, 0.05) is 32.7 Å².